The Kier molecular flexibility index (Phi) is 5.26. The molecule has 1 aromatic heterocycles. The molecule has 0 aliphatic heterocycles. The first-order chi connectivity index (χ1) is 9.99. The van der Waals surface area contributed by atoms with Crippen molar-refractivity contribution in [2.45, 2.75) is 45.9 Å². The van der Waals surface area contributed by atoms with E-state index in [1.807, 2.05) is 36.7 Å². The zero-order valence-corrected chi connectivity index (χ0v) is 13.5. The maximum absolute atomic E-state index is 6.27. The van der Waals surface area contributed by atoms with E-state index in [0.29, 0.717) is 5.02 Å². The summed E-state index contributed by atoms with van der Waals surface area (Å²) in [5.41, 5.74) is 8.43. The van der Waals surface area contributed by atoms with Crippen LogP contribution in [0.5, 0.6) is 5.75 Å². The molecule has 4 nitrogen and oxygen atoms in total. The van der Waals surface area contributed by atoms with Gasteiger partial charge in [-0.15, -0.1) is 0 Å². The number of rotatable bonds is 6. The quantitative estimate of drug-likeness (QED) is 0.891. The fourth-order valence-electron chi connectivity index (χ4n) is 2.29. The second kappa shape index (κ2) is 6.96. The van der Waals surface area contributed by atoms with Gasteiger partial charge in [-0.25, -0.2) is 0 Å². The minimum atomic E-state index is -0.107. The molecular weight excluding hydrogens is 286 g/mol. The SMILES string of the molecule is CCn1nc(C)cc1CC(N)C(C)Oc1cccc(Cl)c1. The van der Waals surface area contributed by atoms with Gasteiger partial charge in [0.05, 0.1) is 5.69 Å². The fraction of sp³-hybridized carbons (Fsp3) is 0.438. The molecule has 2 unspecified atom stereocenters. The van der Waals surface area contributed by atoms with E-state index >= 15 is 0 Å². The van der Waals surface area contributed by atoms with Gasteiger partial charge in [-0.2, -0.15) is 5.10 Å². The van der Waals surface area contributed by atoms with Crippen molar-refractivity contribution in [3.8, 4) is 5.75 Å². The molecule has 2 atom stereocenters. The Morgan fingerprint density at radius 1 is 1.38 bits per heavy atom. The average molecular weight is 308 g/mol. The summed E-state index contributed by atoms with van der Waals surface area (Å²) in [7, 11) is 0. The smallest absolute Gasteiger partial charge is 0.121 e. The number of halogens is 1. The number of ether oxygens (including phenoxy) is 1. The highest BCUT2D eigenvalue weighted by Gasteiger charge is 2.17. The van der Waals surface area contributed by atoms with Crippen LogP contribution in [0.1, 0.15) is 25.2 Å². The maximum atomic E-state index is 6.27. The number of aryl methyl sites for hydroxylation is 2. The third-order valence-corrected chi connectivity index (χ3v) is 3.69. The molecule has 114 valence electrons. The van der Waals surface area contributed by atoms with E-state index in [1.54, 1.807) is 6.07 Å². The topological polar surface area (TPSA) is 53.1 Å². The zero-order chi connectivity index (χ0) is 15.4. The van der Waals surface area contributed by atoms with Crippen LogP contribution in [0.25, 0.3) is 0 Å². The molecule has 0 bridgehead atoms. The second-order valence-electron chi connectivity index (χ2n) is 5.24. The summed E-state index contributed by atoms with van der Waals surface area (Å²) in [6.45, 7) is 6.89. The number of hydrogen-bond donors (Lipinski definition) is 1. The predicted molar refractivity (Wildman–Crippen MR) is 85.9 cm³/mol. The van der Waals surface area contributed by atoms with Gasteiger partial charge in [0.2, 0.25) is 0 Å². The summed E-state index contributed by atoms with van der Waals surface area (Å²) in [5.74, 6) is 0.741. The summed E-state index contributed by atoms with van der Waals surface area (Å²) in [4.78, 5) is 0. The van der Waals surface area contributed by atoms with E-state index < -0.39 is 0 Å². The zero-order valence-electron chi connectivity index (χ0n) is 12.7. The monoisotopic (exact) mass is 307 g/mol. The third kappa shape index (κ3) is 4.22. The van der Waals surface area contributed by atoms with Crippen LogP contribution in [0.4, 0.5) is 0 Å². The first-order valence-corrected chi connectivity index (χ1v) is 7.58. The molecular formula is C16H22ClN3O. The van der Waals surface area contributed by atoms with Gasteiger partial charge in [-0.05, 0) is 45.0 Å². The van der Waals surface area contributed by atoms with E-state index in [1.165, 1.54) is 0 Å². The highest BCUT2D eigenvalue weighted by molar-refractivity contribution is 6.30. The Morgan fingerprint density at radius 2 is 2.14 bits per heavy atom. The van der Waals surface area contributed by atoms with E-state index in [-0.39, 0.29) is 12.1 Å². The predicted octanol–water partition coefficient (Wildman–Crippen LogP) is 3.20. The van der Waals surface area contributed by atoms with Crippen molar-refractivity contribution in [3.63, 3.8) is 0 Å². The number of aromatic nitrogens is 2. The summed E-state index contributed by atoms with van der Waals surface area (Å²) >= 11 is 5.96. The Morgan fingerprint density at radius 3 is 2.81 bits per heavy atom. The van der Waals surface area contributed by atoms with Crippen LogP contribution in [-0.4, -0.2) is 21.9 Å². The van der Waals surface area contributed by atoms with E-state index in [9.17, 15) is 0 Å². The first-order valence-electron chi connectivity index (χ1n) is 7.20. The van der Waals surface area contributed by atoms with Crippen molar-refractivity contribution in [2.24, 2.45) is 5.73 Å². The van der Waals surface area contributed by atoms with Crippen molar-refractivity contribution in [1.82, 2.24) is 9.78 Å². The molecule has 0 amide bonds. The first kappa shape index (κ1) is 15.9. The van der Waals surface area contributed by atoms with Crippen LogP contribution >= 0.6 is 11.6 Å². The number of benzene rings is 1. The van der Waals surface area contributed by atoms with Gasteiger partial charge in [0.15, 0.2) is 0 Å². The van der Waals surface area contributed by atoms with Crippen LogP contribution in [0.3, 0.4) is 0 Å². The van der Waals surface area contributed by atoms with Crippen molar-refractivity contribution >= 4 is 11.6 Å². The number of hydrogen-bond acceptors (Lipinski definition) is 3. The van der Waals surface area contributed by atoms with Gasteiger partial charge in [0.1, 0.15) is 11.9 Å². The van der Waals surface area contributed by atoms with Gasteiger partial charge in [-0.3, -0.25) is 4.68 Å². The Labute approximate surface area is 130 Å². The van der Waals surface area contributed by atoms with Crippen LogP contribution in [0.15, 0.2) is 30.3 Å². The fourth-order valence-corrected chi connectivity index (χ4v) is 2.47. The minimum Gasteiger partial charge on any atom is -0.489 e. The van der Waals surface area contributed by atoms with Gasteiger partial charge in [0, 0.05) is 29.7 Å². The Bertz CT molecular complexity index is 597. The average Bonchev–Trinajstić information content (AvgIpc) is 2.78. The molecule has 2 aromatic rings. The molecule has 0 fully saturated rings. The summed E-state index contributed by atoms with van der Waals surface area (Å²) < 4.78 is 7.86. The van der Waals surface area contributed by atoms with Crippen molar-refractivity contribution in [3.05, 3.63) is 46.7 Å². The highest BCUT2D eigenvalue weighted by atomic mass is 35.5. The lowest BCUT2D eigenvalue weighted by Gasteiger charge is -2.22. The third-order valence-electron chi connectivity index (χ3n) is 3.45. The second-order valence-corrected chi connectivity index (χ2v) is 5.68. The minimum absolute atomic E-state index is 0.106. The van der Waals surface area contributed by atoms with Crippen LogP contribution in [-0.2, 0) is 13.0 Å². The molecule has 1 heterocycles. The Balaban J connectivity index is 2.00. The molecule has 0 saturated carbocycles. The normalized spacial score (nSPS) is 14.0. The van der Waals surface area contributed by atoms with Gasteiger partial charge < -0.3 is 10.5 Å². The molecule has 0 aliphatic carbocycles. The van der Waals surface area contributed by atoms with E-state index in [2.05, 4.69) is 18.1 Å². The molecule has 0 radical (unpaired) electrons. The highest BCUT2D eigenvalue weighted by Crippen LogP contribution is 2.19. The molecule has 1 aromatic carbocycles. The lowest BCUT2D eigenvalue weighted by molar-refractivity contribution is 0.188. The van der Waals surface area contributed by atoms with E-state index in [0.717, 1.165) is 30.1 Å². The standard InChI is InChI=1S/C16H22ClN3O/c1-4-20-14(8-11(2)19-20)10-16(18)12(3)21-15-7-5-6-13(17)9-15/h5-9,12,16H,4,10,18H2,1-3H3. The lowest BCUT2D eigenvalue weighted by atomic mass is 10.1. The molecule has 0 aliphatic rings. The molecule has 5 heteroatoms. The number of nitrogens with zero attached hydrogens (tertiary/aromatic N) is 2. The van der Waals surface area contributed by atoms with Gasteiger partial charge >= 0.3 is 0 Å². The lowest BCUT2D eigenvalue weighted by Crippen LogP contribution is -2.39. The van der Waals surface area contributed by atoms with Crippen molar-refractivity contribution in [2.75, 3.05) is 0 Å². The van der Waals surface area contributed by atoms with Crippen molar-refractivity contribution < 1.29 is 4.74 Å². The summed E-state index contributed by atoms with van der Waals surface area (Å²) in [5, 5.41) is 5.10. The summed E-state index contributed by atoms with van der Waals surface area (Å²) in [6.07, 6.45) is 0.625. The van der Waals surface area contributed by atoms with Crippen LogP contribution in [0.2, 0.25) is 5.02 Å². The molecule has 2 N–H and O–H groups in total. The van der Waals surface area contributed by atoms with Gasteiger partial charge in [0.25, 0.3) is 0 Å². The molecule has 2 rings (SSSR count). The molecule has 21 heavy (non-hydrogen) atoms. The van der Waals surface area contributed by atoms with Crippen molar-refractivity contribution in [1.29, 1.82) is 0 Å². The van der Waals surface area contributed by atoms with Gasteiger partial charge in [-0.1, -0.05) is 17.7 Å². The van der Waals surface area contributed by atoms with Crippen LogP contribution in [0, 0.1) is 6.92 Å². The largest absolute Gasteiger partial charge is 0.489 e. The summed E-state index contributed by atoms with van der Waals surface area (Å²) in [6, 6.07) is 9.34. The molecule has 0 saturated heterocycles. The number of nitrogens with two attached hydrogens (primary N) is 1. The van der Waals surface area contributed by atoms with Crippen LogP contribution < -0.4 is 10.5 Å². The molecule has 0 spiro atoms. The maximum Gasteiger partial charge on any atom is 0.121 e. The van der Waals surface area contributed by atoms with E-state index in [4.69, 9.17) is 22.1 Å². The Hall–Kier alpha value is -1.52.